The van der Waals surface area contributed by atoms with Crippen molar-refractivity contribution in [2.75, 3.05) is 27.8 Å². The van der Waals surface area contributed by atoms with Crippen molar-refractivity contribution in [2.45, 2.75) is 18.9 Å². The molecule has 5 nitrogen and oxygen atoms in total. The minimum absolute atomic E-state index is 0.157. The highest BCUT2D eigenvalue weighted by atomic mass is 16.5. The van der Waals surface area contributed by atoms with Gasteiger partial charge in [-0.05, 0) is 29.7 Å². The highest BCUT2D eigenvalue weighted by Gasteiger charge is 2.30. The predicted molar refractivity (Wildman–Crippen MR) is 91.2 cm³/mol. The van der Waals surface area contributed by atoms with Crippen molar-refractivity contribution in [1.82, 2.24) is 0 Å². The summed E-state index contributed by atoms with van der Waals surface area (Å²) in [6, 6.07) is 9.30. The van der Waals surface area contributed by atoms with E-state index in [4.69, 9.17) is 9.47 Å². The Kier molecular flexibility index (Phi) is 4.53. The van der Waals surface area contributed by atoms with Crippen LogP contribution < -0.4 is 14.4 Å². The molecular formula is C19H24NO4+. The van der Waals surface area contributed by atoms with Crippen molar-refractivity contribution in [3.63, 3.8) is 0 Å². The molecule has 2 aromatic carbocycles. The van der Waals surface area contributed by atoms with Crippen LogP contribution >= 0.6 is 0 Å². The molecule has 0 aliphatic carbocycles. The number of aromatic hydroxyl groups is 2. The fourth-order valence-electron chi connectivity index (χ4n) is 3.68. The quantitative estimate of drug-likeness (QED) is 0.794. The van der Waals surface area contributed by atoms with Crippen molar-refractivity contribution >= 4 is 0 Å². The van der Waals surface area contributed by atoms with Gasteiger partial charge in [0.15, 0.2) is 23.0 Å². The predicted octanol–water partition coefficient (Wildman–Crippen LogP) is 1.47. The van der Waals surface area contributed by atoms with E-state index in [2.05, 4.69) is 7.05 Å². The second-order valence-corrected chi connectivity index (χ2v) is 6.39. The average Bonchev–Trinajstić information content (AvgIpc) is 2.56. The van der Waals surface area contributed by atoms with E-state index in [0.29, 0.717) is 11.5 Å². The van der Waals surface area contributed by atoms with Gasteiger partial charge in [0.2, 0.25) is 0 Å². The maximum Gasteiger partial charge on any atom is 0.166 e. The first-order valence-electron chi connectivity index (χ1n) is 8.10. The Morgan fingerprint density at radius 1 is 1.12 bits per heavy atom. The van der Waals surface area contributed by atoms with Crippen LogP contribution in [0.4, 0.5) is 0 Å². The zero-order chi connectivity index (χ0) is 17.3. The van der Waals surface area contributed by atoms with E-state index in [9.17, 15) is 10.2 Å². The van der Waals surface area contributed by atoms with Gasteiger partial charge >= 0.3 is 0 Å². The van der Waals surface area contributed by atoms with Gasteiger partial charge in [0.1, 0.15) is 6.54 Å². The molecule has 0 saturated heterocycles. The number of quaternary nitrogens is 1. The fourth-order valence-corrected chi connectivity index (χ4v) is 3.68. The van der Waals surface area contributed by atoms with E-state index in [1.54, 1.807) is 20.3 Å². The normalized spacial score (nSPS) is 19.6. The summed E-state index contributed by atoms with van der Waals surface area (Å²) >= 11 is 0. The lowest BCUT2D eigenvalue weighted by Crippen LogP contribution is -3.09. The van der Waals surface area contributed by atoms with Crippen LogP contribution in [-0.2, 0) is 13.0 Å². The summed E-state index contributed by atoms with van der Waals surface area (Å²) in [6.07, 6.45) is 0.744. The SMILES string of the molecule is COc1ccc2c(c1O)C[NH+](C)C[C@@H]2Cc1cccc(O)c1OC. The molecule has 0 aromatic heterocycles. The van der Waals surface area contributed by atoms with Gasteiger partial charge in [0.25, 0.3) is 0 Å². The van der Waals surface area contributed by atoms with E-state index in [1.165, 1.54) is 4.90 Å². The Labute approximate surface area is 142 Å². The smallest absolute Gasteiger partial charge is 0.166 e. The molecule has 3 N–H and O–H groups in total. The van der Waals surface area contributed by atoms with Crippen LogP contribution in [0, 0.1) is 0 Å². The molecule has 0 spiro atoms. The number of phenols is 2. The van der Waals surface area contributed by atoms with Crippen molar-refractivity contribution in [2.24, 2.45) is 0 Å². The highest BCUT2D eigenvalue weighted by Crippen LogP contribution is 2.39. The molecule has 0 saturated carbocycles. The summed E-state index contributed by atoms with van der Waals surface area (Å²) < 4.78 is 10.6. The summed E-state index contributed by atoms with van der Waals surface area (Å²) in [5.41, 5.74) is 3.06. The number of rotatable bonds is 4. The number of likely N-dealkylation sites (N-methyl/N-ethyl adjacent to an activating group) is 1. The van der Waals surface area contributed by atoms with Gasteiger partial charge in [0, 0.05) is 5.92 Å². The molecule has 1 heterocycles. The monoisotopic (exact) mass is 330 g/mol. The van der Waals surface area contributed by atoms with Crippen LogP contribution in [-0.4, -0.2) is 38.0 Å². The van der Waals surface area contributed by atoms with Gasteiger partial charge in [0.05, 0.1) is 33.4 Å². The van der Waals surface area contributed by atoms with Gasteiger partial charge in [-0.3, -0.25) is 0 Å². The first-order valence-corrected chi connectivity index (χ1v) is 8.10. The first-order chi connectivity index (χ1) is 11.5. The van der Waals surface area contributed by atoms with Gasteiger partial charge in [-0.25, -0.2) is 0 Å². The molecule has 0 amide bonds. The lowest BCUT2D eigenvalue weighted by Gasteiger charge is -2.31. The summed E-state index contributed by atoms with van der Waals surface area (Å²) in [5, 5.41) is 20.5. The van der Waals surface area contributed by atoms with Crippen LogP contribution in [0.25, 0.3) is 0 Å². The Hall–Kier alpha value is -2.40. The van der Waals surface area contributed by atoms with Crippen molar-refractivity contribution in [3.8, 4) is 23.0 Å². The minimum Gasteiger partial charge on any atom is -0.504 e. The molecule has 3 rings (SSSR count). The Balaban J connectivity index is 1.99. The number of hydrogen-bond acceptors (Lipinski definition) is 4. The maximum atomic E-state index is 10.5. The van der Waals surface area contributed by atoms with E-state index in [1.807, 2.05) is 24.3 Å². The largest absolute Gasteiger partial charge is 0.504 e. The van der Waals surface area contributed by atoms with Crippen molar-refractivity contribution < 1.29 is 24.6 Å². The number of para-hydroxylation sites is 1. The lowest BCUT2D eigenvalue weighted by molar-refractivity contribution is -0.897. The van der Waals surface area contributed by atoms with Crippen LogP contribution in [0.3, 0.4) is 0 Å². The third-order valence-electron chi connectivity index (χ3n) is 4.76. The van der Waals surface area contributed by atoms with Crippen LogP contribution in [0.15, 0.2) is 30.3 Å². The third-order valence-corrected chi connectivity index (χ3v) is 4.76. The standard InChI is InChI=1S/C19H23NO4/c1-20-10-13(9-12-5-4-6-16(21)19(12)24-3)14-7-8-17(23-2)18(22)15(14)11-20/h4-8,13,21-22H,9-11H2,1-3H3/p+1/t13-/m0/s1. The molecule has 0 bridgehead atoms. The summed E-state index contributed by atoms with van der Waals surface area (Å²) in [4.78, 5) is 1.33. The summed E-state index contributed by atoms with van der Waals surface area (Å²) in [6.45, 7) is 1.73. The Bertz CT molecular complexity index is 744. The van der Waals surface area contributed by atoms with E-state index in [0.717, 1.165) is 36.2 Å². The highest BCUT2D eigenvalue weighted by molar-refractivity contribution is 5.52. The molecule has 1 unspecified atom stereocenters. The third kappa shape index (κ3) is 2.87. The minimum atomic E-state index is 0.157. The van der Waals surface area contributed by atoms with E-state index >= 15 is 0 Å². The Morgan fingerprint density at radius 2 is 1.92 bits per heavy atom. The van der Waals surface area contributed by atoms with Gasteiger partial charge < -0.3 is 24.6 Å². The van der Waals surface area contributed by atoms with Gasteiger partial charge in [-0.1, -0.05) is 18.2 Å². The summed E-state index contributed by atoms with van der Waals surface area (Å²) in [7, 11) is 5.26. The van der Waals surface area contributed by atoms with E-state index in [-0.39, 0.29) is 17.4 Å². The number of fused-ring (bicyclic) bond motifs is 1. The fraction of sp³-hybridized carbons (Fsp3) is 0.368. The van der Waals surface area contributed by atoms with Gasteiger partial charge in [-0.15, -0.1) is 0 Å². The second kappa shape index (κ2) is 6.61. The van der Waals surface area contributed by atoms with Crippen LogP contribution in [0.1, 0.15) is 22.6 Å². The molecule has 2 aromatic rings. The van der Waals surface area contributed by atoms with E-state index < -0.39 is 0 Å². The average molecular weight is 330 g/mol. The van der Waals surface area contributed by atoms with Crippen molar-refractivity contribution in [1.29, 1.82) is 0 Å². The Morgan fingerprint density at radius 3 is 2.62 bits per heavy atom. The number of phenolic OH excluding ortho intramolecular Hbond substituents is 2. The number of benzene rings is 2. The topological polar surface area (TPSA) is 63.4 Å². The molecule has 128 valence electrons. The molecule has 0 radical (unpaired) electrons. The molecular weight excluding hydrogens is 306 g/mol. The summed E-state index contributed by atoms with van der Waals surface area (Å²) in [5.74, 6) is 1.67. The maximum absolute atomic E-state index is 10.5. The molecule has 1 aliphatic heterocycles. The number of ether oxygens (including phenoxy) is 2. The molecule has 1 aliphatic rings. The molecule has 5 heteroatoms. The number of nitrogens with one attached hydrogen (secondary N) is 1. The van der Waals surface area contributed by atoms with Crippen LogP contribution in [0.5, 0.6) is 23.0 Å². The number of methoxy groups -OCH3 is 2. The zero-order valence-corrected chi connectivity index (χ0v) is 14.3. The van der Waals surface area contributed by atoms with Gasteiger partial charge in [-0.2, -0.15) is 0 Å². The lowest BCUT2D eigenvalue weighted by atomic mass is 9.84. The molecule has 0 fully saturated rings. The second-order valence-electron chi connectivity index (χ2n) is 6.39. The molecule has 2 atom stereocenters. The van der Waals surface area contributed by atoms with Crippen molar-refractivity contribution in [3.05, 3.63) is 47.0 Å². The number of hydrogen-bond donors (Lipinski definition) is 3. The first kappa shape index (κ1) is 16.5. The zero-order valence-electron chi connectivity index (χ0n) is 14.3. The molecule has 24 heavy (non-hydrogen) atoms. The van der Waals surface area contributed by atoms with Crippen LogP contribution in [0.2, 0.25) is 0 Å².